The molecule has 1 aromatic heterocycles. The summed E-state index contributed by atoms with van der Waals surface area (Å²) >= 11 is 5.95. The Labute approximate surface area is 179 Å². The number of hydrogen-bond donors (Lipinski definition) is 0. The van der Waals surface area contributed by atoms with Crippen LogP contribution in [0, 0.1) is 6.92 Å². The number of benzene rings is 3. The molecule has 5 heteroatoms. The molecule has 0 atom stereocenters. The normalized spacial score (nSPS) is 10.9. The van der Waals surface area contributed by atoms with Gasteiger partial charge in [0.25, 0.3) is 5.91 Å². The Morgan fingerprint density at radius 1 is 0.900 bits per heavy atom. The van der Waals surface area contributed by atoms with Crippen LogP contribution >= 0.6 is 11.6 Å². The molecule has 150 valence electrons. The van der Waals surface area contributed by atoms with E-state index in [0.717, 1.165) is 27.7 Å². The lowest BCUT2D eigenvalue weighted by molar-refractivity contribution is -0.144. The second-order valence-electron chi connectivity index (χ2n) is 7.05. The fourth-order valence-electron chi connectivity index (χ4n) is 3.57. The Morgan fingerprint density at radius 2 is 1.57 bits per heavy atom. The van der Waals surface area contributed by atoms with E-state index in [1.165, 1.54) is 0 Å². The highest BCUT2D eigenvalue weighted by Gasteiger charge is 2.21. The van der Waals surface area contributed by atoms with E-state index < -0.39 is 0 Å². The number of para-hydroxylation sites is 1. The molecular weight excluding hydrogens is 398 g/mol. The van der Waals surface area contributed by atoms with Crippen molar-refractivity contribution in [1.29, 1.82) is 0 Å². The predicted molar refractivity (Wildman–Crippen MR) is 118 cm³/mol. The number of halogens is 1. The summed E-state index contributed by atoms with van der Waals surface area (Å²) < 4.78 is 7.11. The van der Waals surface area contributed by atoms with Gasteiger partial charge in [0.05, 0.1) is 11.9 Å². The maximum Gasteiger partial charge on any atom is 0.310 e. The Hall–Kier alpha value is -3.37. The fraction of sp³-hybridized carbons (Fsp3) is 0.120. The molecule has 4 rings (SSSR count). The van der Waals surface area contributed by atoms with Crippen LogP contribution in [0.5, 0.6) is 0 Å². The molecule has 4 aromatic rings. The van der Waals surface area contributed by atoms with Crippen molar-refractivity contribution >= 4 is 34.4 Å². The van der Waals surface area contributed by atoms with E-state index in [-0.39, 0.29) is 24.9 Å². The lowest BCUT2D eigenvalue weighted by Gasteiger charge is -2.08. The zero-order valence-electron chi connectivity index (χ0n) is 16.5. The average molecular weight is 418 g/mol. The quantitative estimate of drug-likeness (QED) is 0.398. The minimum absolute atomic E-state index is 0.0973. The van der Waals surface area contributed by atoms with Gasteiger partial charge in [0.15, 0.2) is 0 Å². The second-order valence-corrected chi connectivity index (χ2v) is 7.49. The smallest absolute Gasteiger partial charge is 0.310 e. The molecule has 0 radical (unpaired) electrons. The summed E-state index contributed by atoms with van der Waals surface area (Å²) in [5.41, 5.74) is 3.75. The SMILES string of the molecule is Cc1c(CC(=O)OCc2ccccc2)c2ccccc2n1C(=O)c1ccc(Cl)cc1. The van der Waals surface area contributed by atoms with Crippen molar-refractivity contribution in [2.75, 3.05) is 0 Å². The molecule has 0 spiro atoms. The minimum Gasteiger partial charge on any atom is -0.461 e. The summed E-state index contributed by atoms with van der Waals surface area (Å²) in [7, 11) is 0. The number of rotatable bonds is 5. The zero-order valence-corrected chi connectivity index (χ0v) is 17.2. The van der Waals surface area contributed by atoms with Crippen LogP contribution in [0.3, 0.4) is 0 Å². The van der Waals surface area contributed by atoms with Crippen LogP contribution in [0.1, 0.15) is 27.2 Å². The van der Waals surface area contributed by atoms with Gasteiger partial charge in [-0.05, 0) is 48.4 Å². The monoisotopic (exact) mass is 417 g/mol. The van der Waals surface area contributed by atoms with Gasteiger partial charge in [0.1, 0.15) is 6.61 Å². The topological polar surface area (TPSA) is 48.3 Å². The molecule has 0 aliphatic heterocycles. The first kappa shape index (κ1) is 19.9. The number of nitrogens with zero attached hydrogens (tertiary/aromatic N) is 1. The number of fused-ring (bicyclic) bond motifs is 1. The van der Waals surface area contributed by atoms with E-state index in [1.54, 1.807) is 28.8 Å². The first-order valence-electron chi connectivity index (χ1n) is 9.63. The van der Waals surface area contributed by atoms with Crippen LogP contribution < -0.4 is 0 Å². The van der Waals surface area contributed by atoms with E-state index in [4.69, 9.17) is 16.3 Å². The summed E-state index contributed by atoms with van der Waals surface area (Å²) in [6.45, 7) is 2.08. The zero-order chi connectivity index (χ0) is 21.1. The summed E-state index contributed by atoms with van der Waals surface area (Å²) in [6.07, 6.45) is 0.0973. The van der Waals surface area contributed by atoms with Crippen LogP contribution in [-0.2, 0) is 22.6 Å². The predicted octanol–water partition coefficient (Wildman–Crippen LogP) is 5.58. The van der Waals surface area contributed by atoms with Crippen molar-refractivity contribution in [2.24, 2.45) is 0 Å². The van der Waals surface area contributed by atoms with Crippen molar-refractivity contribution in [3.05, 3.63) is 106 Å². The van der Waals surface area contributed by atoms with Crippen LogP contribution in [0.4, 0.5) is 0 Å². The average Bonchev–Trinajstić information content (AvgIpc) is 3.04. The van der Waals surface area contributed by atoms with Gasteiger partial charge in [-0.25, -0.2) is 0 Å². The van der Waals surface area contributed by atoms with E-state index >= 15 is 0 Å². The maximum atomic E-state index is 13.2. The molecule has 0 saturated heterocycles. The minimum atomic E-state index is -0.330. The maximum absolute atomic E-state index is 13.2. The molecular formula is C25H20ClNO3. The number of esters is 1. The third-order valence-corrected chi connectivity index (χ3v) is 5.35. The van der Waals surface area contributed by atoms with Crippen molar-refractivity contribution in [3.8, 4) is 0 Å². The molecule has 0 aliphatic rings. The Bertz CT molecular complexity index is 1210. The molecule has 4 nitrogen and oxygen atoms in total. The largest absolute Gasteiger partial charge is 0.461 e. The van der Waals surface area contributed by atoms with Crippen molar-refractivity contribution < 1.29 is 14.3 Å². The van der Waals surface area contributed by atoms with Crippen LogP contribution in [-0.4, -0.2) is 16.4 Å². The molecule has 30 heavy (non-hydrogen) atoms. The Kier molecular flexibility index (Phi) is 5.68. The molecule has 0 unspecified atom stereocenters. The third kappa shape index (κ3) is 4.00. The molecule has 0 amide bonds. The number of ether oxygens (including phenoxy) is 1. The lowest BCUT2D eigenvalue weighted by atomic mass is 10.1. The molecule has 0 N–H and O–H groups in total. The molecule has 1 heterocycles. The van der Waals surface area contributed by atoms with Gasteiger partial charge in [-0.2, -0.15) is 0 Å². The van der Waals surface area contributed by atoms with Crippen molar-refractivity contribution in [3.63, 3.8) is 0 Å². The van der Waals surface area contributed by atoms with Crippen molar-refractivity contribution in [2.45, 2.75) is 20.0 Å². The number of aromatic nitrogens is 1. The number of carbonyl (C=O) groups is 2. The summed E-state index contributed by atoms with van der Waals surface area (Å²) in [4.78, 5) is 25.7. The van der Waals surface area contributed by atoms with Gasteiger partial charge in [0.2, 0.25) is 0 Å². The van der Waals surface area contributed by atoms with Gasteiger partial charge in [-0.1, -0.05) is 60.1 Å². The third-order valence-electron chi connectivity index (χ3n) is 5.10. The highest BCUT2D eigenvalue weighted by atomic mass is 35.5. The molecule has 0 aliphatic carbocycles. The van der Waals surface area contributed by atoms with E-state index in [1.807, 2.05) is 61.5 Å². The Balaban J connectivity index is 1.64. The summed E-state index contributed by atoms with van der Waals surface area (Å²) in [5, 5.41) is 1.44. The molecule has 0 fully saturated rings. The molecule has 3 aromatic carbocycles. The summed E-state index contributed by atoms with van der Waals surface area (Å²) in [5.74, 6) is -0.493. The van der Waals surface area contributed by atoms with Gasteiger partial charge >= 0.3 is 5.97 Å². The van der Waals surface area contributed by atoms with Crippen LogP contribution in [0.25, 0.3) is 10.9 Å². The highest BCUT2D eigenvalue weighted by molar-refractivity contribution is 6.30. The van der Waals surface area contributed by atoms with E-state index in [9.17, 15) is 9.59 Å². The van der Waals surface area contributed by atoms with Crippen molar-refractivity contribution in [1.82, 2.24) is 4.57 Å². The van der Waals surface area contributed by atoms with Gasteiger partial charge < -0.3 is 4.74 Å². The first-order chi connectivity index (χ1) is 14.5. The van der Waals surface area contributed by atoms with Gasteiger partial charge in [-0.15, -0.1) is 0 Å². The van der Waals surface area contributed by atoms with E-state index in [0.29, 0.717) is 10.6 Å². The number of hydrogen-bond acceptors (Lipinski definition) is 3. The Morgan fingerprint density at radius 3 is 2.30 bits per heavy atom. The lowest BCUT2D eigenvalue weighted by Crippen LogP contribution is -2.14. The first-order valence-corrected chi connectivity index (χ1v) is 10.0. The second kappa shape index (κ2) is 8.56. The number of carbonyl (C=O) groups excluding carboxylic acids is 2. The van der Waals surface area contributed by atoms with E-state index in [2.05, 4.69) is 0 Å². The highest BCUT2D eigenvalue weighted by Crippen LogP contribution is 2.28. The molecule has 0 bridgehead atoms. The van der Waals surface area contributed by atoms with Crippen LogP contribution in [0.15, 0.2) is 78.9 Å². The van der Waals surface area contributed by atoms with Gasteiger partial charge in [0, 0.05) is 21.7 Å². The summed E-state index contributed by atoms with van der Waals surface area (Å²) in [6, 6.07) is 23.9. The fourth-order valence-corrected chi connectivity index (χ4v) is 3.70. The van der Waals surface area contributed by atoms with Crippen LogP contribution in [0.2, 0.25) is 5.02 Å². The molecule has 0 saturated carbocycles. The standard InChI is InChI=1S/C25H20ClNO3/c1-17-22(15-24(28)30-16-18-7-3-2-4-8-18)21-9-5-6-10-23(21)27(17)25(29)19-11-13-20(26)14-12-19/h2-14H,15-16H2,1H3. The van der Waals surface area contributed by atoms with Gasteiger partial charge in [-0.3, -0.25) is 14.2 Å².